The third-order valence-electron chi connectivity index (χ3n) is 4.36. The van der Waals surface area contributed by atoms with Crippen molar-refractivity contribution in [3.63, 3.8) is 0 Å². The number of carbonyl (C=O) groups is 2. The van der Waals surface area contributed by atoms with Gasteiger partial charge in [0.2, 0.25) is 5.91 Å². The fourth-order valence-electron chi connectivity index (χ4n) is 3.01. The van der Waals surface area contributed by atoms with E-state index >= 15 is 0 Å². The van der Waals surface area contributed by atoms with Gasteiger partial charge in [0, 0.05) is 32.1 Å². The second-order valence-corrected chi connectivity index (χ2v) is 6.27. The summed E-state index contributed by atoms with van der Waals surface area (Å²) in [6.07, 6.45) is 2.39. The molecule has 0 atom stereocenters. The zero-order valence-corrected chi connectivity index (χ0v) is 14.4. The Kier molecular flexibility index (Phi) is 5.33. The van der Waals surface area contributed by atoms with E-state index < -0.39 is 0 Å². The number of carbonyl (C=O) groups excluding carboxylic acids is 2. The number of amides is 2. The first-order chi connectivity index (χ1) is 12.1. The van der Waals surface area contributed by atoms with Gasteiger partial charge >= 0.3 is 0 Å². The fourth-order valence-corrected chi connectivity index (χ4v) is 3.01. The minimum Gasteiger partial charge on any atom is -0.370 e. The summed E-state index contributed by atoms with van der Waals surface area (Å²) in [6.45, 7) is 4.02. The lowest BCUT2D eigenvalue weighted by Gasteiger charge is -2.21. The van der Waals surface area contributed by atoms with Crippen LogP contribution in [0.5, 0.6) is 0 Å². The molecular formula is C20H23N3O2. The molecule has 25 heavy (non-hydrogen) atoms. The molecule has 1 fully saturated rings. The minimum absolute atomic E-state index is 0.0691. The molecule has 1 heterocycles. The summed E-state index contributed by atoms with van der Waals surface area (Å²) < 4.78 is 0. The van der Waals surface area contributed by atoms with Gasteiger partial charge in [-0.1, -0.05) is 24.3 Å². The number of benzene rings is 2. The van der Waals surface area contributed by atoms with Gasteiger partial charge in [0.05, 0.1) is 11.4 Å². The molecule has 0 aromatic heterocycles. The standard InChI is InChI=1S/C20H23N3O2/c1-15(24)21-14-16-8-10-17(11-9-16)20(25)22-18-6-2-3-7-19(18)23-12-4-5-13-23/h2-3,6-11H,4-5,12-14H2,1H3,(H,21,24)(H,22,25). The Morgan fingerprint density at radius 1 is 1.00 bits per heavy atom. The molecule has 0 spiro atoms. The Morgan fingerprint density at radius 2 is 1.68 bits per heavy atom. The van der Waals surface area contributed by atoms with Crippen molar-refractivity contribution in [2.24, 2.45) is 0 Å². The fraction of sp³-hybridized carbons (Fsp3) is 0.300. The van der Waals surface area contributed by atoms with Gasteiger partial charge in [0.15, 0.2) is 0 Å². The summed E-state index contributed by atoms with van der Waals surface area (Å²) in [6, 6.07) is 15.2. The van der Waals surface area contributed by atoms with E-state index in [0.717, 1.165) is 30.0 Å². The van der Waals surface area contributed by atoms with Gasteiger partial charge in [0.25, 0.3) is 5.91 Å². The summed E-state index contributed by atoms with van der Waals surface area (Å²) in [7, 11) is 0. The summed E-state index contributed by atoms with van der Waals surface area (Å²) in [4.78, 5) is 25.8. The molecule has 1 aliphatic heterocycles. The van der Waals surface area contributed by atoms with Crippen LogP contribution >= 0.6 is 0 Å². The van der Waals surface area contributed by atoms with Gasteiger partial charge in [-0.15, -0.1) is 0 Å². The van der Waals surface area contributed by atoms with Crippen molar-refractivity contribution in [3.05, 3.63) is 59.7 Å². The molecule has 0 aliphatic carbocycles. The van der Waals surface area contributed by atoms with Crippen LogP contribution in [0.4, 0.5) is 11.4 Å². The van der Waals surface area contributed by atoms with Crippen LogP contribution in [0, 0.1) is 0 Å². The van der Waals surface area contributed by atoms with Crippen molar-refractivity contribution in [3.8, 4) is 0 Å². The molecule has 1 aliphatic rings. The number of hydrogen-bond donors (Lipinski definition) is 2. The van der Waals surface area contributed by atoms with Crippen LogP contribution in [0.15, 0.2) is 48.5 Å². The second kappa shape index (κ2) is 7.83. The second-order valence-electron chi connectivity index (χ2n) is 6.27. The van der Waals surface area contributed by atoms with Crippen LogP contribution in [-0.2, 0) is 11.3 Å². The number of hydrogen-bond acceptors (Lipinski definition) is 3. The van der Waals surface area contributed by atoms with Crippen LogP contribution in [0.25, 0.3) is 0 Å². The number of nitrogens with zero attached hydrogens (tertiary/aromatic N) is 1. The average Bonchev–Trinajstić information content (AvgIpc) is 3.15. The Bertz CT molecular complexity index is 750. The lowest BCUT2D eigenvalue weighted by atomic mass is 10.1. The predicted octanol–water partition coefficient (Wildman–Crippen LogP) is 3.18. The van der Waals surface area contributed by atoms with E-state index in [9.17, 15) is 9.59 Å². The largest absolute Gasteiger partial charge is 0.370 e. The minimum atomic E-state index is -0.127. The first-order valence-corrected chi connectivity index (χ1v) is 8.62. The lowest BCUT2D eigenvalue weighted by molar-refractivity contribution is -0.119. The molecule has 130 valence electrons. The first kappa shape index (κ1) is 17.0. The molecule has 0 bridgehead atoms. The summed E-state index contributed by atoms with van der Waals surface area (Å²) >= 11 is 0. The van der Waals surface area contributed by atoms with Gasteiger partial charge in [0.1, 0.15) is 0 Å². The molecule has 0 saturated carbocycles. The maximum Gasteiger partial charge on any atom is 0.255 e. The van der Waals surface area contributed by atoms with Gasteiger partial charge in [-0.25, -0.2) is 0 Å². The molecule has 2 amide bonds. The van der Waals surface area contributed by atoms with Crippen LogP contribution < -0.4 is 15.5 Å². The highest BCUT2D eigenvalue weighted by molar-refractivity contribution is 6.06. The molecule has 5 heteroatoms. The summed E-state index contributed by atoms with van der Waals surface area (Å²) in [5.41, 5.74) is 3.49. The van der Waals surface area contributed by atoms with Crippen LogP contribution in [-0.4, -0.2) is 24.9 Å². The van der Waals surface area contributed by atoms with E-state index in [4.69, 9.17) is 0 Å². The smallest absolute Gasteiger partial charge is 0.255 e. The monoisotopic (exact) mass is 337 g/mol. The zero-order chi connectivity index (χ0) is 17.6. The van der Waals surface area contributed by atoms with E-state index in [1.54, 1.807) is 12.1 Å². The molecule has 3 rings (SSSR count). The first-order valence-electron chi connectivity index (χ1n) is 8.62. The van der Waals surface area contributed by atoms with Gasteiger partial charge in [-0.3, -0.25) is 9.59 Å². The topological polar surface area (TPSA) is 61.4 Å². The van der Waals surface area contributed by atoms with Crippen molar-refractivity contribution in [2.45, 2.75) is 26.3 Å². The Balaban J connectivity index is 1.69. The van der Waals surface area contributed by atoms with Crippen LogP contribution in [0.1, 0.15) is 35.7 Å². The maximum atomic E-state index is 12.6. The number of nitrogens with one attached hydrogen (secondary N) is 2. The van der Waals surface area contributed by atoms with Gasteiger partial charge < -0.3 is 15.5 Å². The Labute approximate surface area is 148 Å². The molecule has 2 aromatic rings. The Hall–Kier alpha value is -2.82. The Morgan fingerprint density at radius 3 is 2.36 bits per heavy atom. The molecule has 5 nitrogen and oxygen atoms in total. The third kappa shape index (κ3) is 4.38. The van der Waals surface area contributed by atoms with Crippen molar-refractivity contribution < 1.29 is 9.59 Å². The van der Waals surface area contributed by atoms with Crippen molar-refractivity contribution >= 4 is 23.2 Å². The summed E-state index contributed by atoms with van der Waals surface area (Å²) in [5, 5.41) is 5.77. The van der Waals surface area contributed by atoms with E-state index in [0.29, 0.717) is 12.1 Å². The highest BCUT2D eigenvalue weighted by Gasteiger charge is 2.17. The zero-order valence-electron chi connectivity index (χ0n) is 14.4. The van der Waals surface area contributed by atoms with Crippen LogP contribution in [0.2, 0.25) is 0 Å². The van der Waals surface area contributed by atoms with E-state index in [1.807, 2.05) is 30.3 Å². The maximum absolute atomic E-state index is 12.6. The molecule has 0 unspecified atom stereocenters. The molecule has 0 radical (unpaired) electrons. The lowest BCUT2D eigenvalue weighted by Crippen LogP contribution is -2.21. The van der Waals surface area contributed by atoms with Gasteiger partial charge in [-0.2, -0.15) is 0 Å². The molecule has 2 N–H and O–H groups in total. The van der Waals surface area contributed by atoms with Gasteiger partial charge in [-0.05, 0) is 42.7 Å². The quantitative estimate of drug-likeness (QED) is 0.881. The average molecular weight is 337 g/mol. The number of para-hydroxylation sites is 2. The third-order valence-corrected chi connectivity index (χ3v) is 4.36. The normalized spacial score (nSPS) is 13.6. The van der Waals surface area contributed by atoms with E-state index in [-0.39, 0.29) is 11.8 Å². The predicted molar refractivity (Wildman–Crippen MR) is 99.8 cm³/mol. The molecular weight excluding hydrogens is 314 g/mol. The van der Waals surface area contributed by atoms with Crippen molar-refractivity contribution in [1.82, 2.24) is 5.32 Å². The number of rotatable bonds is 5. The molecule has 2 aromatic carbocycles. The highest BCUT2D eigenvalue weighted by Crippen LogP contribution is 2.29. The van der Waals surface area contributed by atoms with E-state index in [2.05, 4.69) is 21.6 Å². The van der Waals surface area contributed by atoms with E-state index in [1.165, 1.54) is 19.8 Å². The summed E-state index contributed by atoms with van der Waals surface area (Å²) in [5.74, 6) is -0.196. The van der Waals surface area contributed by atoms with Crippen molar-refractivity contribution in [1.29, 1.82) is 0 Å². The molecule has 1 saturated heterocycles. The SMILES string of the molecule is CC(=O)NCc1ccc(C(=O)Nc2ccccc2N2CCCC2)cc1. The van der Waals surface area contributed by atoms with Crippen LogP contribution in [0.3, 0.4) is 0 Å². The highest BCUT2D eigenvalue weighted by atomic mass is 16.2. The number of anilines is 2. The van der Waals surface area contributed by atoms with Crippen molar-refractivity contribution in [2.75, 3.05) is 23.3 Å².